The van der Waals surface area contributed by atoms with E-state index in [2.05, 4.69) is 0 Å². The molecule has 1 saturated heterocycles. The van der Waals surface area contributed by atoms with Crippen molar-refractivity contribution in [3.8, 4) is 0 Å². The lowest BCUT2D eigenvalue weighted by Crippen LogP contribution is -2.31. The lowest BCUT2D eigenvalue weighted by Gasteiger charge is -2.29. The quantitative estimate of drug-likeness (QED) is 0.653. The van der Waals surface area contributed by atoms with Gasteiger partial charge in [-0.1, -0.05) is 30.3 Å². The molecule has 3 atom stereocenters. The first-order valence-corrected chi connectivity index (χ1v) is 5.15. The van der Waals surface area contributed by atoms with Crippen LogP contribution in [-0.4, -0.2) is 18.2 Å². The monoisotopic (exact) mass is 214 g/mol. The van der Waals surface area contributed by atoms with Crippen LogP contribution in [0.3, 0.4) is 0 Å². The Morgan fingerprint density at radius 2 is 2.00 bits per heavy atom. The smallest absolute Gasteiger partial charge is 0.140 e. The molecule has 14 heavy (non-hydrogen) atoms. The van der Waals surface area contributed by atoms with Gasteiger partial charge in [0.2, 0.25) is 0 Å². The highest BCUT2D eigenvalue weighted by atomic mass is 35.5. The third-order valence-electron chi connectivity index (χ3n) is 2.46. The van der Waals surface area contributed by atoms with Gasteiger partial charge in [0.25, 0.3) is 0 Å². The third-order valence-corrected chi connectivity index (χ3v) is 2.91. The van der Waals surface area contributed by atoms with E-state index in [0.29, 0.717) is 6.42 Å². The van der Waals surface area contributed by atoms with Crippen molar-refractivity contribution in [2.75, 3.05) is 6.61 Å². The van der Waals surface area contributed by atoms with E-state index in [0.717, 1.165) is 5.56 Å². The predicted molar refractivity (Wildman–Crippen MR) is 54.3 cm³/mol. The molecule has 76 valence electrons. The van der Waals surface area contributed by atoms with E-state index in [-0.39, 0.29) is 12.7 Å². The van der Waals surface area contributed by atoms with Gasteiger partial charge in [0.15, 0.2) is 0 Å². The average molecular weight is 215 g/mol. The van der Waals surface area contributed by atoms with Crippen molar-refractivity contribution in [3.05, 3.63) is 35.9 Å². The highest BCUT2D eigenvalue weighted by Gasteiger charge is 2.30. The second kappa shape index (κ2) is 4.28. The van der Waals surface area contributed by atoms with Crippen LogP contribution in [-0.2, 0) is 4.74 Å². The van der Waals surface area contributed by atoms with Gasteiger partial charge in [-0.25, -0.2) is 4.39 Å². The molecule has 0 aromatic heterocycles. The number of halogens is 2. The molecule has 3 heteroatoms. The van der Waals surface area contributed by atoms with Crippen molar-refractivity contribution in [2.24, 2.45) is 0 Å². The van der Waals surface area contributed by atoms with Gasteiger partial charge < -0.3 is 4.74 Å². The topological polar surface area (TPSA) is 9.23 Å². The summed E-state index contributed by atoms with van der Waals surface area (Å²) in [6.07, 6.45) is -0.533. The molecule has 0 spiro atoms. The minimum absolute atomic E-state index is 0.0503. The van der Waals surface area contributed by atoms with Crippen LogP contribution < -0.4 is 0 Å². The highest BCUT2D eigenvalue weighted by molar-refractivity contribution is 6.21. The number of alkyl halides is 2. The van der Waals surface area contributed by atoms with E-state index < -0.39 is 11.5 Å². The fraction of sp³-hybridized carbons (Fsp3) is 0.455. The molecule has 0 aliphatic carbocycles. The van der Waals surface area contributed by atoms with Crippen LogP contribution in [0.15, 0.2) is 30.3 Å². The minimum Gasteiger partial charge on any atom is -0.370 e. The Morgan fingerprint density at radius 1 is 1.29 bits per heavy atom. The molecule has 1 aromatic rings. The first-order valence-electron chi connectivity index (χ1n) is 4.72. The summed E-state index contributed by atoms with van der Waals surface area (Å²) in [6.45, 7) is 0.105. The maximum Gasteiger partial charge on any atom is 0.140 e. The molecule has 1 heterocycles. The number of ether oxygens (including phenoxy) is 1. The largest absolute Gasteiger partial charge is 0.370 e. The molecule has 0 saturated carbocycles. The van der Waals surface area contributed by atoms with Crippen LogP contribution in [0.2, 0.25) is 0 Å². The predicted octanol–water partition coefficient (Wildman–Crippen LogP) is 3.09. The van der Waals surface area contributed by atoms with E-state index in [1.807, 2.05) is 30.3 Å². The molecule has 0 amide bonds. The van der Waals surface area contributed by atoms with Gasteiger partial charge in [-0.3, -0.25) is 0 Å². The summed E-state index contributed by atoms with van der Waals surface area (Å²) in [5, 5.41) is -0.422. The summed E-state index contributed by atoms with van der Waals surface area (Å²) in [4.78, 5) is 0. The fourth-order valence-corrected chi connectivity index (χ4v) is 1.87. The number of rotatable bonds is 1. The van der Waals surface area contributed by atoms with Crippen molar-refractivity contribution >= 4 is 11.6 Å². The summed E-state index contributed by atoms with van der Waals surface area (Å²) >= 11 is 5.86. The molecule has 1 fully saturated rings. The molecule has 0 bridgehead atoms. The van der Waals surface area contributed by atoms with Crippen molar-refractivity contribution in [1.29, 1.82) is 0 Å². The first kappa shape index (κ1) is 9.94. The lowest BCUT2D eigenvalue weighted by molar-refractivity contribution is -0.0254. The molecule has 1 aromatic carbocycles. The summed E-state index contributed by atoms with van der Waals surface area (Å²) in [5.74, 6) is 0. The van der Waals surface area contributed by atoms with Gasteiger partial charge in [0.05, 0.1) is 18.1 Å². The van der Waals surface area contributed by atoms with Crippen molar-refractivity contribution in [2.45, 2.75) is 24.1 Å². The zero-order valence-corrected chi connectivity index (χ0v) is 8.45. The Bertz CT molecular complexity index is 291. The van der Waals surface area contributed by atoms with E-state index >= 15 is 0 Å². The number of hydrogen-bond donors (Lipinski definition) is 0. The van der Waals surface area contributed by atoms with Crippen molar-refractivity contribution < 1.29 is 9.13 Å². The SMILES string of the molecule is F[C@H]1CO[C@@H](c2ccccc2)C[C@H]1Cl. The molecule has 1 aliphatic heterocycles. The third kappa shape index (κ3) is 2.07. The maximum atomic E-state index is 13.0. The van der Waals surface area contributed by atoms with Crippen LogP contribution in [0.1, 0.15) is 18.1 Å². The summed E-state index contributed by atoms with van der Waals surface area (Å²) in [7, 11) is 0. The number of benzene rings is 1. The zero-order valence-electron chi connectivity index (χ0n) is 7.70. The fourth-order valence-electron chi connectivity index (χ4n) is 1.63. The van der Waals surface area contributed by atoms with E-state index in [9.17, 15) is 4.39 Å². The molecular weight excluding hydrogens is 203 g/mol. The number of hydrogen-bond acceptors (Lipinski definition) is 1. The molecule has 0 N–H and O–H groups in total. The Balaban J connectivity index is 2.07. The Morgan fingerprint density at radius 3 is 2.64 bits per heavy atom. The van der Waals surface area contributed by atoms with E-state index in [4.69, 9.17) is 16.3 Å². The van der Waals surface area contributed by atoms with Crippen molar-refractivity contribution in [1.82, 2.24) is 0 Å². The molecule has 0 unspecified atom stereocenters. The Kier molecular flexibility index (Phi) is 3.04. The summed E-state index contributed by atoms with van der Waals surface area (Å²) < 4.78 is 18.4. The van der Waals surface area contributed by atoms with Gasteiger partial charge in [-0.2, -0.15) is 0 Å². The van der Waals surface area contributed by atoms with Crippen molar-refractivity contribution in [3.63, 3.8) is 0 Å². The van der Waals surface area contributed by atoms with E-state index in [1.54, 1.807) is 0 Å². The van der Waals surface area contributed by atoms with Gasteiger partial charge in [-0.15, -0.1) is 11.6 Å². The average Bonchev–Trinajstić information content (AvgIpc) is 2.23. The standard InChI is InChI=1S/C11H12ClFO/c12-9-6-11(14-7-10(9)13)8-4-2-1-3-5-8/h1-5,9-11H,6-7H2/t9-,10+,11-/m1/s1. The van der Waals surface area contributed by atoms with Gasteiger partial charge in [0, 0.05) is 0 Å². The summed E-state index contributed by atoms with van der Waals surface area (Å²) in [6, 6.07) is 9.80. The first-order chi connectivity index (χ1) is 6.77. The van der Waals surface area contributed by atoms with Crippen LogP contribution in [0.25, 0.3) is 0 Å². The van der Waals surface area contributed by atoms with Crippen LogP contribution >= 0.6 is 11.6 Å². The Labute approximate surface area is 87.8 Å². The molecule has 2 rings (SSSR count). The molecule has 0 radical (unpaired) electrons. The minimum atomic E-state index is -1.03. The van der Waals surface area contributed by atoms with Crippen LogP contribution in [0, 0.1) is 0 Å². The second-order valence-corrected chi connectivity index (χ2v) is 4.06. The summed E-state index contributed by atoms with van der Waals surface area (Å²) in [5.41, 5.74) is 1.07. The van der Waals surface area contributed by atoms with Gasteiger partial charge >= 0.3 is 0 Å². The van der Waals surface area contributed by atoms with Crippen LogP contribution in [0.4, 0.5) is 4.39 Å². The second-order valence-electron chi connectivity index (χ2n) is 3.50. The molecular formula is C11H12ClFO. The maximum absolute atomic E-state index is 13.0. The van der Waals surface area contributed by atoms with Gasteiger partial charge in [0.1, 0.15) is 6.17 Å². The molecule has 1 nitrogen and oxygen atoms in total. The highest BCUT2D eigenvalue weighted by Crippen LogP contribution is 2.31. The van der Waals surface area contributed by atoms with Crippen LogP contribution in [0.5, 0.6) is 0 Å². The van der Waals surface area contributed by atoms with E-state index in [1.165, 1.54) is 0 Å². The zero-order chi connectivity index (χ0) is 9.97. The lowest BCUT2D eigenvalue weighted by atomic mass is 10.0. The Hall–Kier alpha value is -0.600. The van der Waals surface area contributed by atoms with Gasteiger partial charge in [-0.05, 0) is 12.0 Å². The molecule has 1 aliphatic rings. The normalized spacial score (nSPS) is 32.9.